The third kappa shape index (κ3) is 1.70. The molecule has 1 fully saturated rings. The normalized spacial score (nSPS) is 41.7. The van der Waals surface area contributed by atoms with E-state index in [1.54, 1.807) is 0 Å². The Morgan fingerprint density at radius 1 is 1.70 bits per heavy atom. The van der Waals surface area contributed by atoms with E-state index in [0.29, 0.717) is 6.54 Å². The summed E-state index contributed by atoms with van der Waals surface area (Å²) < 4.78 is 0. The third-order valence-electron chi connectivity index (χ3n) is 2.54. The van der Waals surface area contributed by atoms with Gasteiger partial charge in [-0.3, -0.25) is 0 Å². The van der Waals surface area contributed by atoms with E-state index >= 15 is 0 Å². The minimum Gasteiger partial charge on any atom is -0.393 e. The second-order valence-electron chi connectivity index (χ2n) is 3.76. The molecule has 1 aliphatic carbocycles. The summed E-state index contributed by atoms with van der Waals surface area (Å²) in [6, 6.07) is 0. The van der Waals surface area contributed by atoms with Crippen LogP contribution in [-0.4, -0.2) is 17.8 Å². The predicted molar refractivity (Wildman–Crippen MR) is 41.6 cm³/mol. The van der Waals surface area contributed by atoms with Gasteiger partial charge in [-0.05, 0) is 31.2 Å². The summed E-state index contributed by atoms with van der Waals surface area (Å²) in [5.41, 5.74) is 5.81. The molecule has 0 bridgehead atoms. The zero-order valence-corrected chi connectivity index (χ0v) is 6.64. The van der Waals surface area contributed by atoms with Crippen LogP contribution in [0.3, 0.4) is 0 Å². The van der Waals surface area contributed by atoms with Crippen molar-refractivity contribution in [3.05, 3.63) is 0 Å². The van der Waals surface area contributed by atoms with Crippen molar-refractivity contribution < 1.29 is 5.11 Å². The molecule has 0 spiro atoms. The summed E-state index contributed by atoms with van der Waals surface area (Å²) >= 11 is 0. The van der Waals surface area contributed by atoms with Crippen LogP contribution in [0.4, 0.5) is 0 Å². The minimum absolute atomic E-state index is 0.0951. The van der Waals surface area contributed by atoms with E-state index < -0.39 is 0 Å². The van der Waals surface area contributed by atoms with Crippen molar-refractivity contribution in [2.45, 2.75) is 38.7 Å². The molecule has 10 heavy (non-hydrogen) atoms. The molecule has 0 radical (unpaired) electrons. The van der Waals surface area contributed by atoms with Crippen molar-refractivity contribution in [1.82, 2.24) is 0 Å². The van der Waals surface area contributed by atoms with Crippen molar-refractivity contribution in [1.29, 1.82) is 0 Å². The zero-order chi connectivity index (χ0) is 7.61. The molecular weight excluding hydrogens is 126 g/mol. The Morgan fingerprint density at radius 2 is 2.40 bits per heavy atom. The zero-order valence-electron chi connectivity index (χ0n) is 6.64. The van der Waals surface area contributed by atoms with Crippen molar-refractivity contribution >= 4 is 0 Å². The monoisotopic (exact) mass is 143 g/mol. The van der Waals surface area contributed by atoms with Gasteiger partial charge in [-0.1, -0.05) is 13.3 Å². The molecule has 0 saturated heterocycles. The van der Waals surface area contributed by atoms with Crippen LogP contribution in [0.15, 0.2) is 0 Å². The van der Waals surface area contributed by atoms with Crippen molar-refractivity contribution in [3.63, 3.8) is 0 Å². The molecule has 0 aliphatic heterocycles. The van der Waals surface area contributed by atoms with Gasteiger partial charge in [-0.25, -0.2) is 0 Å². The molecule has 2 atom stereocenters. The van der Waals surface area contributed by atoms with Crippen LogP contribution in [0.25, 0.3) is 0 Å². The van der Waals surface area contributed by atoms with E-state index in [2.05, 4.69) is 6.92 Å². The fraction of sp³-hybridized carbons (Fsp3) is 1.00. The van der Waals surface area contributed by atoms with Crippen LogP contribution in [0, 0.1) is 5.41 Å². The number of rotatable bonds is 1. The maximum Gasteiger partial charge on any atom is 0.0546 e. The predicted octanol–water partition coefficient (Wildman–Crippen LogP) is 0.886. The van der Waals surface area contributed by atoms with Crippen molar-refractivity contribution in [2.75, 3.05) is 6.54 Å². The van der Waals surface area contributed by atoms with Gasteiger partial charge < -0.3 is 10.8 Å². The minimum atomic E-state index is -0.0951. The van der Waals surface area contributed by atoms with E-state index in [-0.39, 0.29) is 11.5 Å². The lowest BCUT2D eigenvalue weighted by Gasteiger charge is -2.34. The Morgan fingerprint density at radius 3 is 2.80 bits per heavy atom. The van der Waals surface area contributed by atoms with Gasteiger partial charge >= 0.3 is 0 Å². The summed E-state index contributed by atoms with van der Waals surface area (Å²) in [5, 5.41) is 9.32. The summed E-state index contributed by atoms with van der Waals surface area (Å²) in [5.74, 6) is 0. The molecule has 0 amide bonds. The highest BCUT2D eigenvalue weighted by Crippen LogP contribution is 2.34. The molecule has 0 aromatic heterocycles. The van der Waals surface area contributed by atoms with Crippen LogP contribution in [-0.2, 0) is 0 Å². The highest BCUT2D eigenvalue weighted by molar-refractivity contribution is 4.83. The maximum absolute atomic E-state index is 9.32. The molecule has 3 N–H and O–H groups in total. The third-order valence-corrected chi connectivity index (χ3v) is 2.54. The lowest BCUT2D eigenvalue weighted by atomic mass is 9.75. The second kappa shape index (κ2) is 2.89. The first-order valence-corrected chi connectivity index (χ1v) is 4.04. The lowest BCUT2D eigenvalue weighted by Crippen LogP contribution is -2.35. The summed E-state index contributed by atoms with van der Waals surface area (Å²) in [6.45, 7) is 2.87. The topological polar surface area (TPSA) is 46.2 Å². The molecule has 2 unspecified atom stereocenters. The maximum atomic E-state index is 9.32. The Bertz CT molecular complexity index is 116. The second-order valence-corrected chi connectivity index (χ2v) is 3.76. The van der Waals surface area contributed by atoms with Gasteiger partial charge in [0.15, 0.2) is 0 Å². The Kier molecular flexibility index (Phi) is 2.32. The molecule has 2 nitrogen and oxygen atoms in total. The van der Waals surface area contributed by atoms with Gasteiger partial charge in [-0.2, -0.15) is 0 Å². The summed E-state index contributed by atoms with van der Waals surface area (Å²) in [6.07, 6.45) is 4.08. The fourth-order valence-electron chi connectivity index (χ4n) is 1.72. The molecule has 0 heterocycles. The van der Waals surface area contributed by atoms with Crippen molar-refractivity contribution in [2.24, 2.45) is 11.1 Å². The summed E-state index contributed by atoms with van der Waals surface area (Å²) in [4.78, 5) is 0. The van der Waals surface area contributed by atoms with Gasteiger partial charge in [-0.15, -0.1) is 0 Å². The molecule has 2 heteroatoms. The van der Waals surface area contributed by atoms with Crippen molar-refractivity contribution in [3.8, 4) is 0 Å². The highest BCUT2D eigenvalue weighted by atomic mass is 16.3. The van der Waals surface area contributed by atoms with E-state index in [9.17, 15) is 5.11 Å². The standard InChI is InChI=1S/C8H17NO/c1-8(6-9)4-2-3-7(10)5-8/h7,10H,2-6,9H2,1H3. The highest BCUT2D eigenvalue weighted by Gasteiger charge is 2.29. The number of aliphatic hydroxyl groups excluding tert-OH is 1. The molecule has 1 saturated carbocycles. The van der Waals surface area contributed by atoms with Gasteiger partial charge in [0.25, 0.3) is 0 Å². The van der Waals surface area contributed by atoms with Crippen LogP contribution < -0.4 is 5.73 Å². The number of nitrogens with two attached hydrogens (primary N) is 1. The van der Waals surface area contributed by atoms with Crippen LogP contribution >= 0.6 is 0 Å². The van der Waals surface area contributed by atoms with Crippen LogP contribution in [0.1, 0.15) is 32.6 Å². The van der Waals surface area contributed by atoms with E-state index in [4.69, 9.17) is 5.73 Å². The molecular formula is C8H17NO. The largest absolute Gasteiger partial charge is 0.393 e. The van der Waals surface area contributed by atoms with Crippen LogP contribution in [0.5, 0.6) is 0 Å². The smallest absolute Gasteiger partial charge is 0.0546 e. The first-order chi connectivity index (χ1) is 4.66. The van der Waals surface area contributed by atoms with E-state index in [1.807, 2.05) is 0 Å². The van der Waals surface area contributed by atoms with Gasteiger partial charge in [0.2, 0.25) is 0 Å². The average molecular weight is 143 g/mol. The van der Waals surface area contributed by atoms with Crippen LogP contribution in [0.2, 0.25) is 0 Å². The van der Waals surface area contributed by atoms with Gasteiger partial charge in [0, 0.05) is 0 Å². The van der Waals surface area contributed by atoms with E-state index in [0.717, 1.165) is 19.3 Å². The average Bonchev–Trinajstić information content (AvgIpc) is 1.88. The molecule has 1 rings (SSSR count). The Balaban J connectivity index is 2.45. The SMILES string of the molecule is CC1(CN)CCCC(O)C1. The van der Waals surface area contributed by atoms with Gasteiger partial charge in [0.1, 0.15) is 0 Å². The Hall–Kier alpha value is -0.0800. The van der Waals surface area contributed by atoms with Gasteiger partial charge in [0.05, 0.1) is 6.10 Å². The molecule has 0 aromatic carbocycles. The quantitative estimate of drug-likeness (QED) is 0.572. The number of hydrogen-bond donors (Lipinski definition) is 2. The number of aliphatic hydroxyl groups is 1. The van der Waals surface area contributed by atoms with E-state index in [1.165, 1.54) is 6.42 Å². The number of hydrogen-bond acceptors (Lipinski definition) is 2. The first kappa shape index (κ1) is 8.02. The Labute approximate surface area is 62.4 Å². The molecule has 60 valence electrons. The fourth-order valence-corrected chi connectivity index (χ4v) is 1.72. The first-order valence-electron chi connectivity index (χ1n) is 4.04. The summed E-state index contributed by atoms with van der Waals surface area (Å²) in [7, 11) is 0. The lowest BCUT2D eigenvalue weighted by molar-refractivity contribution is 0.0611. The molecule has 1 aliphatic rings. The molecule has 0 aromatic rings.